The zero-order valence-electron chi connectivity index (χ0n) is 10.9. The Hall–Kier alpha value is -2.05. The summed E-state index contributed by atoms with van der Waals surface area (Å²) < 4.78 is 0. The number of aliphatic carboxylic acids is 1. The number of carboxylic acids is 1. The third kappa shape index (κ3) is 3.46. The van der Waals surface area contributed by atoms with E-state index < -0.39 is 18.0 Å². The van der Waals surface area contributed by atoms with Gasteiger partial charge in [0.25, 0.3) is 0 Å². The van der Waals surface area contributed by atoms with E-state index in [0.717, 1.165) is 6.42 Å². The van der Waals surface area contributed by atoms with Crippen molar-refractivity contribution >= 4 is 12.0 Å². The summed E-state index contributed by atoms with van der Waals surface area (Å²) in [6.07, 6.45) is 4.11. The molecule has 1 aliphatic carbocycles. The maximum Gasteiger partial charge on any atom is 0.326 e. The fourth-order valence-corrected chi connectivity index (χ4v) is 1.89. The molecule has 1 aliphatic rings. The second-order valence-corrected chi connectivity index (χ2v) is 5.53. The van der Waals surface area contributed by atoms with E-state index in [0.29, 0.717) is 5.69 Å². The zero-order valence-corrected chi connectivity index (χ0v) is 10.9. The molecule has 1 aromatic rings. The number of amides is 2. The number of aromatic amines is 1. The van der Waals surface area contributed by atoms with Gasteiger partial charge in [-0.2, -0.15) is 0 Å². The van der Waals surface area contributed by atoms with Crippen LogP contribution < -0.4 is 10.6 Å². The van der Waals surface area contributed by atoms with Crippen LogP contribution in [0.25, 0.3) is 0 Å². The Morgan fingerprint density at radius 3 is 2.79 bits per heavy atom. The summed E-state index contributed by atoms with van der Waals surface area (Å²) in [5, 5.41) is 14.3. The van der Waals surface area contributed by atoms with Crippen LogP contribution in [0.15, 0.2) is 12.5 Å². The second kappa shape index (κ2) is 4.91. The molecule has 0 saturated heterocycles. The third-order valence-corrected chi connectivity index (χ3v) is 3.40. The van der Waals surface area contributed by atoms with Crippen LogP contribution >= 0.6 is 0 Å². The molecule has 1 unspecified atom stereocenters. The van der Waals surface area contributed by atoms with Crippen molar-refractivity contribution in [3.63, 3.8) is 0 Å². The molecule has 1 heterocycles. The van der Waals surface area contributed by atoms with Gasteiger partial charge in [0.2, 0.25) is 0 Å². The maximum atomic E-state index is 11.7. The Morgan fingerprint density at radius 2 is 2.32 bits per heavy atom. The van der Waals surface area contributed by atoms with Crippen molar-refractivity contribution in [1.29, 1.82) is 0 Å². The molecule has 7 nitrogen and oxygen atoms in total. The predicted octanol–water partition coefficient (Wildman–Crippen LogP) is 0.503. The summed E-state index contributed by atoms with van der Waals surface area (Å²) in [4.78, 5) is 29.5. The average Bonchev–Trinajstić information content (AvgIpc) is 2.75. The Bertz CT molecular complexity index is 469. The monoisotopic (exact) mass is 266 g/mol. The summed E-state index contributed by atoms with van der Waals surface area (Å²) in [5.74, 6) is -1.07. The van der Waals surface area contributed by atoms with E-state index in [9.17, 15) is 9.59 Å². The number of urea groups is 1. The van der Waals surface area contributed by atoms with Crippen LogP contribution in [-0.2, 0) is 11.2 Å². The molecule has 104 valence electrons. The SMILES string of the molecule is CC1(C)CC1NC(=O)N[C@@H](Cc1cnc[nH]1)C(=O)O. The largest absolute Gasteiger partial charge is 0.480 e. The van der Waals surface area contributed by atoms with Crippen LogP contribution in [0.5, 0.6) is 0 Å². The number of rotatable bonds is 5. The van der Waals surface area contributed by atoms with Gasteiger partial charge in [0, 0.05) is 24.4 Å². The van der Waals surface area contributed by atoms with E-state index in [1.807, 2.05) is 0 Å². The van der Waals surface area contributed by atoms with Gasteiger partial charge in [-0.25, -0.2) is 14.6 Å². The van der Waals surface area contributed by atoms with Gasteiger partial charge in [0.15, 0.2) is 0 Å². The zero-order chi connectivity index (χ0) is 14.0. The van der Waals surface area contributed by atoms with E-state index in [-0.39, 0.29) is 17.9 Å². The molecule has 1 fully saturated rings. The molecule has 0 aromatic carbocycles. The minimum atomic E-state index is -1.07. The van der Waals surface area contributed by atoms with E-state index in [1.54, 1.807) is 6.20 Å². The summed E-state index contributed by atoms with van der Waals surface area (Å²) in [7, 11) is 0. The fraction of sp³-hybridized carbons (Fsp3) is 0.583. The van der Waals surface area contributed by atoms with Crippen molar-refractivity contribution in [3.05, 3.63) is 18.2 Å². The van der Waals surface area contributed by atoms with Crippen LogP contribution in [0.2, 0.25) is 0 Å². The first-order chi connectivity index (χ1) is 8.88. The molecule has 1 aromatic heterocycles. The highest BCUT2D eigenvalue weighted by Gasteiger charge is 2.46. The van der Waals surface area contributed by atoms with Crippen LogP contribution in [-0.4, -0.2) is 39.2 Å². The van der Waals surface area contributed by atoms with E-state index >= 15 is 0 Å². The molecule has 2 amide bonds. The highest BCUT2D eigenvalue weighted by Crippen LogP contribution is 2.44. The molecule has 7 heteroatoms. The summed E-state index contributed by atoms with van der Waals surface area (Å²) in [6, 6.07) is -1.29. The molecular weight excluding hydrogens is 248 g/mol. The lowest BCUT2D eigenvalue weighted by atomic mass is 10.1. The molecule has 2 atom stereocenters. The minimum Gasteiger partial charge on any atom is -0.480 e. The highest BCUT2D eigenvalue weighted by molar-refractivity contribution is 5.83. The van der Waals surface area contributed by atoms with Gasteiger partial charge in [0.05, 0.1) is 6.33 Å². The first-order valence-electron chi connectivity index (χ1n) is 6.15. The Labute approximate surface area is 110 Å². The Morgan fingerprint density at radius 1 is 1.63 bits per heavy atom. The number of hydrogen-bond acceptors (Lipinski definition) is 3. The molecule has 2 rings (SSSR count). The van der Waals surface area contributed by atoms with Gasteiger partial charge in [-0.1, -0.05) is 13.8 Å². The highest BCUT2D eigenvalue weighted by atomic mass is 16.4. The Balaban J connectivity index is 1.86. The van der Waals surface area contributed by atoms with Crippen LogP contribution in [0, 0.1) is 5.41 Å². The van der Waals surface area contributed by atoms with Gasteiger partial charge < -0.3 is 20.7 Å². The second-order valence-electron chi connectivity index (χ2n) is 5.53. The Kier molecular flexibility index (Phi) is 3.46. The van der Waals surface area contributed by atoms with Crippen LogP contribution in [0.4, 0.5) is 4.79 Å². The number of carbonyl (C=O) groups is 2. The lowest BCUT2D eigenvalue weighted by Crippen LogP contribution is -2.48. The topological polar surface area (TPSA) is 107 Å². The molecular formula is C12H18N4O3. The third-order valence-electron chi connectivity index (χ3n) is 3.40. The maximum absolute atomic E-state index is 11.7. The number of nitrogens with one attached hydrogen (secondary N) is 3. The smallest absolute Gasteiger partial charge is 0.326 e. The number of imidazole rings is 1. The quantitative estimate of drug-likeness (QED) is 0.622. The number of hydrogen-bond donors (Lipinski definition) is 4. The van der Waals surface area contributed by atoms with Gasteiger partial charge >= 0.3 is 12.0 Å². The molecule has 0 bridgehead atoms. The molecule has 0 radical (unpaired) electrons. The first kappa shape index (κ1) is 13.4. The fourth-order valence-electron chi connectivity index (χ4n) is 1.89. The number of carbonyl (C=O) groups excluding carboxylic acids is 1. The van der Waals surface area contributed by atoms with Crippen LogP contribution in [0.3, 0.4) is 0 Å². The first-order valence-corrected chi connectivity index (χ1v) is 6.15. The summed E-state index contributed by atoms with van der Waals surface area (Å²) in [5.41, 5.74) is 0.777. The average molecular weight is 266 g/mol. The van der Waals surface area contributed by atoms with Gasteiger partial charge in [-0.05, 0) is 11.8 Å². The lowest BCUT2D eigenvalue weighted by Gasteiger charge is -2.15. The predicted molar refractivity (Wildman–Crippen MR) is 67.6 cm³/mol. The normalized spacial score (nSPS) is 21.5. The lowest BCUT2D eigenvalue weighted by molar-refractivity contribution is -0.139. The number of aromatic nitrogens is 2. The van der Waals surface area contributed by atoms with Crippen molar-refractivity contribution < 1.29 is 14.7 Å². The van der Waals surface area contributed by atoms with E-state index in [4.69, 9.17) is 5.11 Å². The number of nitrogens with zero attached hydrogens (tertiary/aromatic N) is 1. The van der Waals surface area contributed by atoms with Crippen molar-refractivity contribution in [2.45, 2.75) is 38.8 Å². The molecule has 0 spiro atoms. The van der Waals surface area contributed by atoms with Crippen molar-refractivity contribution in [3.8, 4) is 0 Å². The van der Waals surface area contributed by atoms with Crippen LogP contribution in [0.1, 0.15) is 26.0 Å². The number of carboxylic acid groups (broad SMARTS) is 1. The van der Waals surface area contributed by atoms with Crippen molar-refractivity contribution in [2.75, 3.05) is 0 Å². The van der Waals surface area contributed by atoms with E-state index in [2.05, 4.69) is 34.4 Å². The minimum absolute atomic E-state index is 0.111. The standard InChI is InChI=1S/C12H18N4O3/c1-12(2)4-9(12)16-11(19)15-8(10(17)18)3-7-5-13-6-14-7/h5-6,8-9H,3-4H2,1-2H3,(H,13,14)(H,17,18)(H2,15,16,19)/t8-,9?/m0/s1. The summed E-state index contributed by atoms with van der Waals surface area (Å²) in [6.45, 7) is 4.11. The van der Waals surface area contributed by atoms with Gasteiger partial charge in [-0.3, -0.25) is 0 Å². The molecule has 19 heavy (non-hydrogen) atoms. The molecule has 0 aliphatic heterocycles. The van der Waals surface area contributed by atoms with E-state index in [1.165, 1.54) is 6.33 Å². The number of H-pyrrole nitrogens is 1. The summed E-state index contributed by atoms with van der Waals surface area (Å²) >= 11 is 0. The van der Waals surface area contributed by atoms with Gasteiger partial charge in [-0.15, -0.1) is 0 Å². The molecule has 4 N–H and O–H groups in total. The van der Waals surface area contributed by atoms with Crippen molar-refractivity contribution in [2.24, 2.45) is 5.41 Å². The van der Waals surface area contributed by atoms with Gasteiger partial charge in [0.1, 0.15) is 6.04 Å². The van der Waals surface area contributed by atoms with Crippen molar-refractivity contribution in [1.82, 2.24) is 20.6 Å². The molecule has 1 saturated carbocycles.